The van der Waals surface area contributed by atoms with Crippen molar-refractivity contribution in [3.8, 4) is 0 Å². The zero-order valence-electron chi connectivity index (χ0n) is 10.5. The minimum atomic E-state index is 0.461. The third kappa shape index (κ3) is 4.96. The SMILES string of the molecule is CCC(C)NCCN1CCOC(CC)C1. The van der Waals surface area contributed by atoms with E-state index in [1.807, 2.05) is 0 Å². The van der Waals surface area contributed by atoms with Crippen molar-refractivity contribution in [3.63, 3.8) is 0 Å². The normalized spacial score (nSPS) is 25.4. The summed E-state index contributed by atoms with van der Waals surface area (Å²) in [7, 11) is 0. The topological polar surface area (TPSA) is 24.5 Å². The molecule has 15 heavy (non-hydrogen) atoms. The maximum absolute atomic E-state index is 5.64. The Labute approximate surface area is 94.2 Å². The van der Waals surface area contributed by atoms with E-state index in [9.17, 15) is 0 Å². The molecule has 3 heteroatoms. The van der Waals surface area contributed by atoms with Crippen molar-refractivity contribution in [2.75, 3.05) is 32.8 Å². The van der Waals surface area contributed by atoms with Gasteiger partial charge in [-0.05, 0) is 19.8 Å². The van der Waals surface area contributed by atoms with Crippen molar-refractivity contribution >= 4 is 0 Å². The zero-order chi connectivity index (χ0) is 11.1. The Kier molecular flexibility index (Phi) is 6.22. The van der Waals surface area contributed by atoms with E-state index in [1.54, 1.807) is 0 Å². The first-order valence-electron chi connectivity index (χ1n) is 6.33. The average molecular weight is 214 g/mol. The lowest BCUT2D eigenvalue weighted by molar-refractivity contribution is -0.0292. The molecule has 1 N–H and O–H groups in total. The molecule has 1 fully saturated rings. The van der Waals surface area contributed by atoms with Crippen LogP contribution in [0.15, 0.2) is 0 Å². The van der Waals surface area contributed by atoms with Crippen molar-refractivity contribution in [3.05, 3.63) is 0 Å². The fourth-order valence-electron chi connectivity index (χ4n) is 1.84. The van der Waals surface area contributed by atoms with Gasteiger partial charge < -0.3 is 10.1 Å². The molecule has 0 saturated carbocycles. The van der Waals surface area contributed by atoms with Crippen LogP contribution < -0.4 is 5.32 Å². The lowest BCUT2D eigenvalue weighted by Crippen LogP contribution is -2.45. The molecule has 0 spiro atoms. The summed E-state index contributed by atoms with van der Waals surface area (Å²) in [6, 6.07) is 0.646. The summed E-state index contributed by atoms with van der Waals surface area (Å²) in [4.78, 5) is 2.51. The van der Waals surface area contributed by atoms with Crippen LogP contribution >= 0.6 is 0 Å². The van der Waals surface area contributed by atoms with Gasteiger partial charge in [0.2, 0.25) is 0 Å². The smallest absolute Gasteiger partial charge is 0.0700 e. The van der Waals surface area contributed by atoms with Crippen LogP contribution in [0.3, 0.4) is 0 Å². The van der Waals surface area contributed by atoms with Gasteiger partial charge >= 0.3 is 0 Å². The third-order valence-electron chi connectivity index (χ3n) is 3.21. The van der Waals surface area contributed by atoms with Crippen LogP contribution in [0.4, 0.5) is 0 Å². The highest BCUT2D eigenvalue weighted by molar-refractivity contribution is 4.71. The van der Waals surface area contributed by atoms with Crippen LogP contribution in [0, 0.1) is 0 Å². The predicted octanol–water partition coefficient (Wildman–Crippen LogP) is 1.49. The van der Waals surface area contributed by atoms with Crippen molar-refractivity contribution in [2.45, 2.75) is 45.8 Å². The highest BCUT2D eigenvalue weighted by Gasteiger charge is 2.18. The maximum Gasteiger partial charge on any atom is 0.0700 e. The molecule has 2 unspecified atom stereocenters. The van der Waals surface area contributed by atoms with Gasteiger partial charge in [-0.25, -0.2) is 0 Å². The van der Waals surface area contributed by atoms with Crippen molar-refractivity contribution in [2.24, 2.45) is 0 Å². The first-order chi connectivity index (χ1) is 7.26. The molecule has 0 amide bonds. The summed E-state index contributed by atoms with van der Waals surface area (Å²) >= 11 is 0. The average Bonchev–Trinajstić information content (AvgIpc) is 2.29. The molecule has 0 aromatic carbocycles. The first-order valence-corrected chi connectivity index (χ1v) is 6.33. The fourth-order valence-corrected chi connectivity index (χ4v) is 1.84. The Morgan fingerprint density at radius 2 is 2.27 bits per heavy atom. The van der Waals surface area contributed by atoms with Gasteiger partial charge in [-0.1, -0.05) is 13.8 Å². The van der Waals surface area contributed by atoms with Crippen LogP contribution in [0.25, 0.3) is 0 Å². The first kappa shape index (κ1) is 12.9. The molecule has 0 bridgehead atoms. The van der Waals surface area contributed by atoms with E-state index in [2.05, 4.69) is 31.0 Å². The van der Waals surface area contributed by atoms with Gasteiger partial charge in [0.15, 0.2) is 0 Å². The molecule has 1 heterocycles. The summed E-state index contributed by atoms with van der Waals surface area (Å²) in [5, 5.41) is 3.53. The molecular formula is C12H26N2O. The van der Waals surface area contributed by atoms with Crippen molar-refractivity contribution < 1.29 is 4.74 Å². The van der Waals surface area contributed by atoms with Gasteiger partial charge in [0, 0.05) is 32.2 Å². The molecule has 1 aliphatic rings. The van der Waals surface area contributed by atoms with E-state index in [1.165, 1.54) is 6.42 Å². The summed E-state index contributed by atoms with van der Waals surface area (Å²) < 4.78 is 5.64. The molecular weight excluding hydrogens is 188 g/mol. The molecule has 0 aliphatic carbocycles. The molecule has 0 aromatic rings. The van der Waals surface area contributed by atoms with Crippen LogP contribution in [0.5, 0.6) is 0 Å². The second-order valence-corrected chi connectivity index (χ2v) is 4.47. The van der Waals surface area contributed by atoms with E-state index in [4.69, 9.17) is 4.74 Å². The van der Waals surface area contributed by atoms with Crippen LogP contribution in [0.2, 0.25) is 0 Å². The predicted molar refractivity (Wildman–Crippen MR) is 64.2 cm³/mol. The summed E-state index contributed by atoms with van der Waals surface area (Å²) in [6.07, 6.45) is 2.80. The number of nitrogens with one attached hydrogen (secondary N) is 1. The second-order valence-electron chi connectivity index (χ2n) is 4.47. The highest BCUT2D eigenvalue weighted by atomic mass is 16.5. The van der Waals surface area contributed by atoms with Crippen molar-refractivity contribution in [1.82, 2.24) is 10.2 Å². The van der Waals surface area contributed by atoms with Gasteiger partial charge in [0.1, 0.15) is 0 Å². The third-order valence-corrected chi connectivity index (χ3v) is 3.21. The number of morpholine rings is 1. The summed E-state index contributed by atoms with van der Waals surface area (Å²) in [5.74, 6) is 0. The lowest BCUT2D eigenvalue weighted by Gasteiger charge is -2.32. The minimum absolute atomic E-state index is 0.461. The van der Waals surface area contributed by atoms with E-state index in [0.717, 1.165) is 39.2 Å². The quantitative estimate of drug-likeness (QED) is 0.725. The van der Waals surface area contributed by atoms with Crippen LogP contribution in [-0.4, -0.2) is 49.8 Å². The number of rotatable bonds is 6. The summed E-state index contributed by atoms with van der Waals surface area (Å²) in [6.45, 7) is 12.0. The van der Waals surface area contributed by atoms with Crippen molar-refractivity contribution in [1.29, 1.82) is 0 Å². The van der Waals surface area contributed by atoms with Gasteiger partial charge in [-0.15, -0.1) is 0 Å². The number of hydrogen-bond donors (Lipinski definition) is 1. The molecule has 1 aliphatic heterocycles. The molecule has 90 valence electrons. The Morgan fingerprint density at radius 3 is 2.93 bits per heavy atom. The Balaban J connectivity index is 2.10. The Hall–Kier alpha value is -0.120. The number of ether oxygens (including phenoxy) is 1. The molecule has 3 nitrogen and oxygen atoms in total. The van der Waals surface area contributed by atoms with Crippen LogP contribution in [-0.2, 0) is 4.74 Å². The molecule has 0 aromatic heterocycles. The van der Waals surface area contributed by atoms with E-state index < -0.39 is 0 Å². The fraction of sp³-hybridized carbons (Fsp3) is 1.00. The Bertz CT molecular complexity index is 164. The second kappa shape index (κ2) is 7.20. The number of hydrogen-bond acceptors (Lipinski definition) is 3. The lowest BCUT2D eigenvalue weighted by atomic mass is 10.2. The molecule has 0 radical (unpaired) electrons. The molecule has 1 saturated heterocycles. The van der Waals surface area contributed by atoms with Crippen LogP contribution in [0.1, 0.15) is 33.6 Å². The Morgan fingerprint density at radius 1 is 1.47 bits per heavy atom. The van der Waals surface area contributed by atoms with E-state index in [0.29, 0.717) is 12.1 Å². The van der Waals surface area contributed by atoms with E-state index in [-0.39, 0.29) is 0 Å². The zero-order valence-corrected chi connectivity index (χ0v) is 10.5. The standard InChI is InChI=1S/C12H26N2O/c1-4-11(3)13-6-7-14-8-9-15-12(5-2)10-14/h11-13H,4-10H2,1-3H3. The molecule has 1 rings (SSSR count). The highest BCUT2D eigenvalue weighted by Crippen LogP contribution is 2.07. The monoisotopic (exact) mass is 214 g/mol. The van der Waals surface area contributed by atoms with Gasteiger partial charge in [0.05, 0.1) is 12.7 Å². The number of nitrogens with zero attached hydrogens (tertiary/aromatic N) is 1. The largest absolute Gasteiger partial charge is 0.376 e. The van der Waals surface area contributed by atoms with Gasteiger partial charge in [0.25, 0.3) is 0 Å². The van der Waals surface area contributed by atoms with E-state index >= 15 is 0 Å². The maximum atomic E-state index is 5.64. The van der Waals surface area contributed by atoms with Gasteiger partial charge in [-0.2, -0.15) is 0 Å². The summed E-state index contributed by atoms with van der Waals surface area (Å²) in [5.41, 5.74) is 0. The molecule has 2 atom stereocenters. The minimum Gasteiger partial charge on any atom is -0.376 e. The van der Waals surface area contributed by atoms with Gasteiger partial charge in [-0.3, -0.25) is 4.90 Å².